The number of pyridine rings is 1. The highest BCUT2D eigenvalue weighted by atomic mass is 32.1. The summed E-state index contributed by atoms with van der Waals surface area (Å²) in [7, 11) is 1.56. The highest BCUT2D eigenvalue weighted by Crippen LogP contribution is 2.35. The first kappa shape index (κ1) is 13.9. The minimum atomic E-state index is -0.870. The molecule has 102 valence electrons. The number of ether oxygens (including phenoxy) is 1. The highest BCUT2D eigenvalue weighted by molar-refractivity contribution is 7.05. The number of aliphatic hydroxyl groups excluding tert-OH is 1. The molecule has 0 amide bonds. The maximum Gasteiger partial charge on any atom is 0.143 e. The first-order chi connectivity index (χ1) is 8.95. The minimum absolute atomic E-state index is 0.175. The van der Waals surface area contributed by atoms with Crippen LogP contribution in [-0.4, -0.2) is 26.8 Å². The summed E-state index contributed by atoms with van der Waals surface area (Å²) in [6.45, 7) is 6.11. The van der Waals surface area contributed by atoms with Crippen molar-refractivity contribution in [1.29, 1.82) is 0 Å². The van der Waals surface area contributed by atoms with Gasteiger partial charge in [-0.1, -0.05) is 25.3 Å². The maximum atomic E-state index is 10.5. The van der Waals surface area contributed by atoms with Gasteiger partial charge in [0.1, 0.15) is 17.5 Å². The van der Waals surface area contributed by atoms with Crippen molar-refractivity contribution in [3.63, 3.8) is 0 Å². The molecular formula is C13H17N3O2S. The van der Waals surface area contributed by atoms with Crippen molar-refractivity contribution >= 4 is 11.5 Å². The molecule has 2 aromatic heterocycles. The van der Waals surface area contributed by atoms with Gasteiger partial charge in [-0.15, -0.1) is 5.10 Å². The Balaban J connectivity index is 2.45. The number of aliphatic hydroxyl groups is 1. The van der Waals surface area contributed by atoms with Crippen LogP contribution in [0.25, 0.3) is 0 Å². The second kappa shape index (κ2) is 5.22. The van der Waals surface area contributed by atoms with Crippen LogP contribution in [-0.2, 0) is 5.41 Å². The summed E-state index contributed by atoms with van der Waals surface area (Å²) in [6, 6.07) is 3.54. The molecule has 0 spiro atoms. The van der Waals surface area contributed by atoms with E-state index in [1.54, 1.807) is 25.4 Å². The Kier molecular flexibility index (Phi) is 3.82. The van der Waals surface area contributed by atoms with Crippen LogP contribution in [0.1, 0.15) is 43.1 Å². The SMILES string of the molecule is COc1cccnc1C(O)c1snnc1C(C)(C)C. The molecule has 0 aromatic carbocycles. The number of rotatable bonds is 3. The molecule has 0 fully saturated rings. The molecule has 1 N–H and O–H groups in total. The molecule has 0 aliphatic carbocycles. The molecular weight excluding hydrogens is 262 g/mol. The molecule has 0 bridgehead atoms. The lowest BCUT2D eigenvalue weighted by Gasteiger charge is -2.19. The fraction of sp³-hybridized carbons (Fsp3) is 0.462. The lowest BCUT2D eigenvalue weighted by molar-refractivity contribution is 0.210. The third-order valence-electron chi connectivity index (χ3n) is 2.75. The third-order valence-corrected chi connectivity index (χ3v) is 3.53. The van der Waals surface area contributed by atoms with E-state index in [9.17, 15) is 5.11 Å². The van der Waals surface area contributed by atoms with Crippen molar-refractivity contribution in [1.82, 2.24) is 14.6 Å². The van der Waals surface area contributed by atoms with E-state index >= 15 is 0 Å². The molecule has 2 heterocycles. The Morgan fingerprint density at radius 3 is 2.74 bits per heavy atom. The van der Waals surface area contributed by atoms with E-state index in [1.807, 2.05) is 20.8 Å². The topological polar surface area (TPSA) is 68.1 Å². The fourth-order valence-corrected chi connectivity index (χ4v) is 2.66. The summed E-state index contributed by atoms with van der Waals surface area (Å²) in [5.74, 6) is 0.559. The second-order valence-corrected chi connectivity index (χ2v) is 6.01. The van der Waals surface area contributed by atoms with E-state index in [0.717, 1.165) is 5.69 Å². The molecule has 2 rings (SSSR count). The second-order valence-electron chi connectivity index (χ2n) is 5.23. The van der Waals surface area contributed by atoms with E-state index in [4.69, 9.17) is 4.74 Å². The lowest BCUT2D eigenvalue weighted by atomic mass is 9.90. The molecule has 0 aliphatic rings. The summed E-state index contributed by atoms with van der Waals surface area (Å²) >= 11 is 1.19. The first-order valence-electron chi connectivity index (χ1n) is 5.95. The predicted octanol–water partition coefficient (Wildman–Crippen LogP) is 2.32. The standard InChI is InChI=1S/C13H17N3O2S/c1-13(2,3)12-11(19-16-15-12)10(17)9-8(18-4)6-5-7-14-9/h5-7,10,17H,1-4H3. The van der Waals surface area contributed by atoms with Gasteiger partial charge in [-0.3, -0.25) is 4.98 Å². The number of aromatic nitrogens is 3. The number of hydrogen-bond acceptors (Lipinski definition) is 6. The predicted molar refractivity (Wildman–Crippen MR) is 73.5 cm³/mol. The quantitative estimate of drug-likeness (QED) is 0.934. The molecule has 0 saturated carbocycles. The smallest absolute Gasteiger partial charge is 0.143 e. The van der Waals surface area contributed by atoms with Gasteiger partial charge >= 0.3 is 0 Å². The Labute approximate surface area is 116 Å². The summed E-state index contributed by atoms with van der Waals surface area (Å²) < 4.78 is 9.19. The zero-order valence-electron chi connectivity index (χ0n) is 11.4. The molecule has 6 heteroatoms. The largest absolute Gasteiger partial charge is 0.495 e. The monoisotopic (exact) mass is 279 g/mol. The summed E-state index contributed by atoms with van der Waals surface area (Å²) in [5, 5.41) is 14.7. The number of hydrogen-bond donors (Lipinski definition) is 1. The highest BCUT2D eigenvalue weighted by Gasteiger charge is 2.29. The Bertz CT molecular complexity index is 563. The van der Waals surface area contributed by atoms with Crippen molar-refractivity contribution in [2.24, 2.45) is 0 Å². The van der Waals surface area contributed by atoms with Crippen molar-refractivity contribution < 1.29 is 9.84 Å². The van der Waals surface area contributed by atoms with Gasteiger partial charge in [0.05, 0.1) is 17.7 Å². The number of methoxy groups -OCH3 is 1. The zero-order valence-corrected chi connectivity index (χ0v) is 12.2. The Morgan fingerprint density at radius 2 is 2.11 bits per heavy atom. The maximum absolute atomic E-state index is 10.5. The molecule has 19 heavy (non-hydrogen) atoms. The van der Waals surface area contributed by atoms with Crippen LogP contribution < -0.4 is 4.74 Å². The molecule has 0 radical (unpaired) electrons. The van der Waals surface area contributed by atoms with Crippen LogP contribution in [0.2, 0.25) is 0 Å². The summed E-state index contributed by atoms with van der Waals surface area (Å²) in [4.78, 5) is 4.92. The van der Waals surface area contributed by atoms with Gasteiger partial charge in [-0.2, -0.15) is 0 Å². The molecule has 0 saturated heterocycles. The lowest BCUT2D eigenvalue weighted by Crippen LogP contribution is -2.16. The fourth-order valence-electron chi connectivity index (χ4n) is 1.80. The van der Waals surface area contributed by atoms with Crippen molar-refractivity contribution in [2.45, 2.75) is 32.3 Å². The molecule has 2 aromatic rings. The van der Waals surface area contributed by atoms with E-state index in [-0.39, 0.29) is 5.41 Å². The van der Waals surface area contributed by atoms with Crippen molar-refractivity contribution in [2.75, 3.05) is 7.11 Å². The van der Waals surface area contributed by atoms with E-state index in [2.05, 4.69) is 14.6 Å². The van der Waals surface area contributed by atoms with E-state index < -0.39 is 6.10 Å². The normalized spacial score (nSPS) is 13.3. The van der Waals surface area contributed by atoms with Gasteiger partial charge in [0.25, 0.3) is 0 Å². The van der Waals surface area contributed by atoms with Crippen LogP contribution in [0.5, 0.6) is 5.75 Å². The third kappa shape index (κ3) is 2.74. The first-order valence-corrected chi connectivity index (χ1v) is 6.72. The summed E-state index contributed by atoms with van der Waals surface area (Å²) in [5.41, 5.74) is 1.10. The van der Waals surface area contributed by atoms with Gasteiger partial charge in [0, 0.05) is 11.6 Å². The molecule has 1 unspecified atom stereocenters. The van der Waals surface area contributed by atoms with E-state index in [0.29, 0.717) is 16.3 Å². The van der Waals surface area contributed by atoms with Crippen LogP contribution in [0, 0.1) is 0 Å². The van der Waals surface area contributed by atoms with Gasteiger partial charge in [0.15, 0.2) is 0 Å². The Hall–Kier alpha value is -1.53. The molecule has 1 atom stereocenters. The van der Waals surface area contributed by atoms with Crippen LogP contribution in [0.3, 0.4) is 0 Å². The summed E-state index contributed by atoms with van der Waals surface area (Å²) in [6.07, 6.45) is 0.761. The average molecular weight is 279 g/mol. The van der Waals surface area contributed by atoms with Gasteiger partial charge in [0.2, 0.25) is 0 Å². The molecule has 5 nitrogen and oxygen atoms in total. The Morgan fingerprint density at radius 1 is 1.37 bits per heavy atom. The van der Waals surface area contributed by atoms with Gasteiger partial charge in [-0.05, 0) is 23.7 Å². The van der Waals surface area contributed by atoms with Gasteiger partial charge < -0.3 is 9.84 Å². The minimum Gasteiger partial charge on any atom is -0.495 e. The van der Waals surface area contributed by atoms with E-state index in [1.165, 1.54) is 11.5 Å². The van der Waals surface area contributed by atoms with Crippen LogP contribution in [0.15, 0.2) is 18.3 Å². The van der Waals surface area contributed by atoms with Gasteiger partial charge in [-0.25, -0.2) is 0 Å². The molecule has 0 aliphatic heterocycles. The van der Waals surface area contributed by atoms with Crippen LogP contribution in [0.4, 0.5) is 0 Å². The number of nitrogens with zero attached hydrogens (tertiary/aromatic N) is 3. The van der Waals surface area contributed by atoms with Crippen molar-refractivity contribution in [3.05, 3.63) is 34.6 Å². The average Bonchev–Trinajstić information content (AvgIpc) is 2.87. The zero-order chi connectivity index (χ0) is 14.0. The van der Waals surface area contributed by atoms with Crippen molar-refractivity contribution in [3.8, 4) is 5.75 Å². The van der Waals surface area contributed by atoms with Crippen LogP contribution >= 0.6 is 11.5 Å².